The lowest BCUT2D eigenvalue weighted by molar-refractivity contribution is -0.137. The molecular weight excluding hydrogens is 302 g/mol. The van der Waals surface area contributed by atoms with Crippen LogP contribution >= 0.6 is 15.9 Å². The minimum absolute atomic E-state index is 0.0837. The molecule has 0 radical (unpaired) electrons. The number of amides is 1. The van der Waals surface area contributed by atoms with Crippen molar-refractivity contribution >= 4 is 21.8 Å². The van der Waals surface area contributed by atoms with Crippen LogP contribution in [0.15, 0.2) is 28.7 Å². The number of likely N-dealkylation sites (tertiary alicyclic amines) is 1. The Bertz CT molecular complexity index is 539. The first-order chi connectivity index (χ1) is 9.15. The van der Waals surface area contributed by atoms with Gasteiger partial charge in [0.2, 0.25) is 5.91 Å². The number of hydrogen-bond donors (Lipinski definition) is 0. The third-order valence-corrected chi connectivity index (χ3v) is 4.97. The zero-order valence-electron chi connectivity index (χ0n) is 10.7. The van der Waals surface area contributed by atoms with Crippen molar-refractivity contribution in [1.29, 1.82) is 0 Å². The maximum absolute atomic E-state index is 12.2. The number of carbonyl (C=O) groups is 1. The fourth-order valence-corrected chi connectivity index (χ4v) is 3.48. The third-order valence-electron chi connectivity index (χ3n) is 4.44. The number of nitrogens with zero attached hydrogens (tertiary/aromatic N) is 1. The summed E-state index contributed by atoms with van der Waals surface area (Å²) >= 11 is 3.46. The summed E-state index contributed by atoms with van der Waals surface area (Å²) in [7, 11) is 0. The molecule has 2 aliphatic rings. The molecule has 1 saturated heterocycles. The molecule has 19 heavy (non-hydrogen) atoms. The van der Waals surface area contributed by atoms with Crippen LogP contribution in [0, 0.1) is 18.3 Å². The average Bonchev–Trinajstić information content (AvgIpc) is 2.72. The van der Waals surface area contributed by atoms with Gasteiger partial charge in [-0.3, -0.25) is 4.79 Å². The summed E-state index contributed by atoms with van der Waals surface area (Å²) in [6.07, 6.45) is 9.28. The highest BCUT2D eigenvalue weighted by atomic mass is 79.9. The lowest BCUT2D eigenvalue weighted by atomic mass is 9.70. The predicted octanol–water partition coefficient (Wildman–Crippen LogP) is 3.31. The van der Waals surface area contributed by atoms with Gasteiger partial charge < -0.3 is 4.90 Å². The molecule has 3 heteroatoms. The normalized spacial score (nSPS) is 24.9. The molecule has 0 N–H and O–H groups in total. The van der Waals surface area contributed by atoms with E-state index in [2.05, 4.69) is 46.1 Å². The molecule has 0 aromatic heterocycles. The second kappa shape index (κ2) is 4.68. The van der Waals surface area contributed by atoms with E-state index in [1.807, 2.05) is 4.90 Å². The van der Waals surface area contributed by atoms with Crippen LogP contribution in [0.3, 0.4) is 0 Å². The summed E-state index contributed by atoms with van der Waals surface area (Å²) < 4.78 is 1.07. The molecule has 0 bridgehead atoms. The molecule has 1 heterocycles. The average molecular weight is 318 g/mol. The van der Waals surface area contributed by atoms with Crippen LogP contribution in [-0.4, -0.2) is 17.4 Å². The summed E-state index contributed by atoms with van der Waals surface area (Å²) in [6, 6.07) is 8.35. The molecule has 1 atom stereocenters. The van der Waals surface area contributed by atoms with Crippen molar-refractivity contribution in [3.05, 3.63) is 34.3 Å². The Hall–Kier alpha value is -1.27. The maximum atomic E-state index is 12.2. The molecule has 2 fully saturated rings. The topological polar surface area (TPSA) is 20.3 Å². The van der Waals surface area contributed by atoms with E-state index < -0.39 is 0 Å². The zero-order chi connectivity index (χ0) is 13.5. The number of halogens is 1. The van der Waals surface area contributed by atoms with Crippen LogP contribution in [0.5, 0.6) is 0 Å². The van der Waals surface area contributed by atoms with Crippen LogP contribution in [0.1, 0.15) is 31.2 Å². The molecule has 1 aliphatic carbocycles. The number of rotatable bonds is 2. The van der Waals surface area contributed by atoms with Crippen LogP contribution in [0.25, 0.3) is 0 Å². The lowest BCUT2D eigenvalue weighted by Crippen LogP contribution is -2.51. The molecule has 2 nitrogen and oxygen atoms in total. The van der Waals surface area contributed by atoms with E-state index in [4.69, 9.17) is 6.42 Å². The summed E-state index contributed by atoms with van der Waals surface area (Å²) in [5.41, 5.74) is 1.15. The Morgan fingerprint density at radius 1 is 1.32 bits per heavy atom. The molecular formula is C16H16BrNO. The Balaban J connectivity index is 1.94. The van der Waals surface area contributed by atoms with Gasteiger partial charge in [-0.25, -0.2) is 0 Å². The van der Waals surface area contributed by atoms with Crippen LogP contribution in [0.2, 0.25) is 0 Å². The zero-order valence-corrected chi connectivity index (χ0v) is 12.3. The van der Waals surface area contributed by atoms with E-state index in [-0.39, 0.29) is 17.4 Å². The van der Waals surface area contributed by atoms with Crippen molar-refractivity contribution in [3.63, 3.8) is 0 Å². The third kappa shape index (κ3) is 1.99. The van der Waals surface area contributed by atoms with E-state index in [0.29, 0.717) is 13.0 Å². The second-order valence-electron chi connectivity index (χ2n) is 5.46. The molecule has 1 unspecified atom stereocenters. The van der Waals surface area contributed by atoms with Gasteiger partial charge in [0.1, 0.15) is 0 Å². The van der Waals surface area contributed by atoms with Gasteiger partial charge in [0.25, 0.3) is 0 Å². The molecule has 1 aromatic rings. The SMILES string of the molecule is C#CC1CC(=O)N(C2(c3ccc(Br)cc3)CCC2)C1. The van der Waals surface area contributed by atoms with Gasteiger partial charge in [-0.2, -0.15) is 0 Å². The monoisotopic (exact) mass is 317 g/mol. The maximum Gasteiger partial charge on any atom is 0.224 e. The number of hydrogen-bond acceptors (Lipinski definition) is 1. The van der Waals surface area contributed by atoms with Gasteiger partial charge in [-0.05, 0) is 37.0 Å². The van der Waals surface area contributed by atoms with E-state index in [0.717, 1.165) is 17.3 Å². The van der Waals surface area contributed by atoms with E-state index >= 15 is 0 Å². The standard InChI is InChI=1S/C16H16BrNO/c1-2-12-10-15(19)18(11-12)16(8-3-9-16)13-4-6-14(17)7-5-13/h1,4-7,12H,3,8-11H2. The smallest absolute Gasteiger partial charge is 0.224 e. The Morgan fingerprint density at radius 2 is 2.00 bits per heavy atom. The van der Waals surface area contributed by atoms with E-state index in [1.54, 1.807) is 0 Å². The summed E-state index contributed by atoms with van der Waals surface area (Å²) in [4.78, 5) is 14.3. The van der Waals surface area contributed by atoms with Gasteiger partial charge in [-0.1, -0.05) is 28.1 Å². The largest absolute Gasteiger partial charge is 0.332 e. The molecule has 1 amide bonds. The highest BCUT2D eigenvalue weighted by Crippen LogP contribution is 2.48. The van der Waals surface area contributed by atoms with Crippen LogP contribution in [-0.2, 0) is 10.3 Å². The van der Waals surface area contributed by atoms with Gasteiger partial charge >= 0.3 is 0 Å². The Morgan fingerprint density at radius 3 is 2.47 bits per heavy atom. The quantitative estimate of drug-likeness (QED) is 0.766. The molecule has 1 saturated carbocycles. The van der Waals surface area contributed by atoms with Crippen molar-refractivity contribution in [1.82, 2.24) is 4.90 Å². The number of terminal acetylenes is 1. The minimum atomic E-state index is -0.0939. The van der Waals surface area contributed by atoms with Crippen molar-refractivity contribution in [2.75, 3.05) is 6.54 Å². The highest BCUT2D eigenvalue weighted by Gasteiger charge is 2.49. The first-order valence-electron chi connectivity index (χ1n) is 6.68. The van der Waals surface area contributed by atoms with Gasteiger partial charge in [-0.15, -0.1) is 12.3 Å². The summed E-state index contributed by atoms with van der Waals surface area (Å²) in [5, 5.41) is 0. The molecule has 1 aliphatic heterocycles. The highest BCUT2D eigenvalue weighted by molar-refractivity contribution is 9.10. The lowest BCUT2D eigenvalue weighted by Gasteiger charge is -2.49. The molecule has 98 valence electrons. The van der Waals surface area contributed by atoms with Gasteiger partial charge in [0.05, 0.1) is 5.54 Å². The molecule has 3 rings (SSSR count). The van der Waals surface area contributed by atoms with E-state index in [1.165, 1.54) is 12.0 Å². The molecule has 1 aromatic carbocycles. The van der Waals surface area contributed by atoms with Crippen LogP contribution in [0.4, 0.5) is 0 Å². The molecule has 0 spiro atoms. The van der Waals surface area contributed by atoms with E-state index in [9.17, 15) is 4.79 Å². The fourth-order valence-electron chi connectivity index (χ4n) is 3.22. The van der Waals surface area contributed by atoms with Gasteiger partial charge in [0, 0.05) is 23.4 Å². The first-order valence-corrected chi connectivity index (χ1v) is 7.48. The first kappa shape index (κ1) is 12.7. The Kier molecular flexibility index (Phi) is 3.14. The number of benzene rings is 1. The summed E-state index contributed by atoms with van der Waals surface area (Å²) in [5.74, 6) is 3.03. The second-order valence-corrected chi connectivity index (χ2v) is 6.38. The van der Waals surface area contributed by atoms with Crippen molar-refractivity contribution < 1.29 is 4.79 Å². The van der Waals surface area contributed by atoms with Crippen LogP contribution < -0.4 is 0 Å². The van der Waals surface area contributed by atoms with Crippen molar-refractivity contribution in [2.45, 2.75) is 31.2 Å². The predicted molar refractivity (Wildman–Crippen MR) is 78.3 cm³/mol. The van der Waals surface area contributed by atoms with Crippen molar-refractivity contribution in [3.8, 4) is 12.3 Å². The fraction of sp³-hybridized carbons (Fsp3) is 0.438. The minimum Gasteiger partial charge on any atom is -0.332 e. The Labute approximate surface area is 122 Å². The number of carbonyl (C=O) groups excluding carboxylic acids is 1. The van der Waals surface area contributed by atoms with Gasteiger partial charge in [0.15, 0.2) is 0 Å². The summed E-state index contributed by atoms with van der Waals surface area (Å²) in [6.45, 7) is 0.714. The van der Waals surface area contributed by atoms with Crippen molar-refractivity contribution in [2.24, 2.45) is 5.92 Å².